The number of carbonyl (C=O) groups is 1. The van der Waals surface area contributed by atoms with Gasteiger partial charge in [0.15, 0.2) is 6.10 Å². The number of nitro groups is 1. The van der Waals surface area contributed by atoms with Crippen LogP contribution in [0.25, 0.3) is 0 Å². The third-order valence-corrected chi connectivity index (χ3v) is 2.52. The lowest BCUT2D eigenvalue weighted by molar-refractivity contribution is -0.384. The standard InChI is InChI=1S/C13H15N3O5/c1-9(8-14)21-13(17)11-7-10(16(18)19)3-4-12(11)15-5-6-20-2/h3-4,7,9,15H,5-6H2,1-2H3/t9-/m0/s1. The van der Waals surface area contributed by atoms with Crippen LogP contribution in [-0.2, 0) is 9.47 Å². The third kappa shape index (κ3) is 4.74. The first-order valence-corrected chi connectivity index (χ1v) is 6.11. The summed E-state index contributed by atoms with van der Waals surface area (Å²) in [5.74, 6) is -0.798. The number of esters is 1. The molecule has 1 aromatic carbocycles. The highest BCUT2D eigenvalue weighted by Gasteiger charge is 2.19. The molecule has 1 rings (SSSR count). The number of nitrogens with one attached hydrogen (secondary N) is 1. The van der Waals surface area contributed by atoms with Crippen LogP contribution >= 0.6 is 0 Å². The molecule has 0 fully saturated rings. The summed E-state index contributed by atoms with van der Waals surface area (Å²) in [7, 11) is 1.53. The number of hydrogen-bond acceptors (Lipinski definition) is 7. The number of anilines is 1. The van der Waals surface area contributed by atoms with Gasteiger partial charge >= 0.3 is 5.97 Å². The molecule has 0 aliphatic heterocycles. The van der Waals surface area contributed by atoms with Gasteiger partial charge in [0.2, 0.25) is 0 Å². The number of carbonyl (C=O) groups excluding carboxylic acids is 1. The van der Waals surface area contributed by atoms with E-state index in [2.05, 4.69) is 5.32 Å². The number of hydrogen-bond donors (Lipinski definition) is 1. The minimum atomic E-state index is -0.941. The second-order valence-electron chi connectivity index (χ2n) is 4.08. The Labute approximate surface area is 121 Å². The molecule has 1 N–H and O–H groups in total. The maximum atomic E-state index is 12.0. The van der Waals surface area contributed by atoms with Crippen molar-refractivity contribution in [1.29, 1.82) is 5.26 Å². The summed E-state index contributed by atoms with van der Waals surface area (Å²) in [4.78, 5) is 22.2. The highest BCUT2D eigenvalue weighted by molar-refractivity contribution is 5.96. The maximum Gasteiger partial charge on any atom is 0.341 e. The monoisotopic (exact) mass is 293 g/mol. The van der Waals surface area contributed by atoms with Crippen LogP contribution in [0.1, 0.15) is 17.3 Å². The maximum absolute atomic E-state index is 12.0. The van der Waals surface area contributed by atoms with E-state index >= 15 is 0 Å². The van der Waals surface area contributed by atoms with Crippen molar-refractivity contribution in [2.24, 2.45) is 0 Å². The Morgan fingerprint density at radius 3 is 2.86 bits per heavy atom. The molecule has 0 aromatic heterocycles. The summed E-state index contributed by atoms with van der Waals surface area (Å²) in [5.41, 5.74) is 0.152. The van der Waals surface area contributed by atoms with Crippen LogP contribution in [-0.4, -0.2) is 37.3 Å². The van der Waals surface area contributed by atoms with Gasteiger partial charge < -0.3 is 14.8 Å². The topological polar surface area (TPSA) is 114 Å². The van der Waals surface area contributed by atoms with Crippen molar-refractivity contribution >= 4 is 17.3 Å². The van der Waals surface area contributed by atoms with E-state index in [1.807, 2.05) is 0 Å². The predicted octanol–water partition coefficient (Wildman–Crippen LogP) is 1.72. The quantitative estimate of drug-likeness (QED) is 0.352. The SMILES string of the molecule is COCCNc1ccc([N+](=O)[O-])cc1C(=O)O[C@@H](C)C#N. The van der Waals surface area contributed by atoms with Crippen molar-refractivity contribution in [3.8, 4) is 6.07 Å². The molecule has 112 valence electrons. The van der Waals surface area contributed by atoms with Gasteiger partial charge in [0.1, 0.15) is 6.07 Å². The average Bonchev–Trinajstić information content (AvgIpc) is 2.47. The number of benzene rings is 1. The summed E-state index contributed by atoms with van der Waals surface area (Å²) < 4.78 is 9.75. The second kappa shape index (κ2) is 7.81. The zero-order valence-corrected chi connectivity index (χ0v) is 11.7. The van der Waals surface area contributed by atoms with E-state index in [1.54, 1.807) is 6.07 Å². The van der Waals surface area contributed by atoms with Gasteiger partial charge in [0.05, 0.1) is 17.1 Å². The van der Waals surface area contributed by atoms with E-state index in [0.717, 1.165) is 6.07 Å². The molecular formula is C13H15N3O5. The molecule has 0 saturated heterocycles. The van der Waals surface area contributed by atoms with Crippen molar-refractivity contribution in [1.82, 2.24) is 0 Å². The number of nitrogens with zero attached hydrogens (tertiary/aromatic N) is 2. The first-order valence-electron chi connectivity index (χ1n) is 6.11. The molecule has 0 saturated carbocycles. The van der Waals surface area contributed by atoms with Gasteiger partial charge in [-0.3, -0.25) is 10.1 Å². The molecule has 1 aromatic rings. The van der Waals surface area contributed by atoms with Gasteiger partial charge in [0, 0.05) is 31.5 Å². The highest BCUT2D eigenvalue weighted by Crippen LogP contribution is 2.23. The molecule has 0 amide bonds. The lowest BCUT2D eigenvalue weighted by Crippen LogP contribution is -2.16. The first kappa shape index (κ1) is 16.4. The van der Waals surface area contributed by atoms with Gasteiger partial charge in [-0.25, -0.2) is 4.79 Å². The van der Waals surface area contributed by atoms with E-state index in [9.17, 15) is 14.9 Å². The Morgan fingerprint density at radius 2 is 2.29 bits per heavy atom. The minimum absolute atomic E-state index is 0.00223. The van der Waals surface area contributed by atoms with E-state index in [4.69, 9.17) is 14.7 Å². The fraction of sp³-hybridized carbons (Fsp3) is 0.385. The van der Waals surface area contributed by atoms with E-state index < -0.39 is 17.0 Å². The lowest BCUT2D eigenvalue weighted by atomic mass is 10.1. The third-order valence-electron chi connectivity index (χ3n) is 2.52. The first-order chi connectivity index (χ1) is 9.99. The van der Waals surface area contributed by atoms with Gasteiger partial charge in [-0.1, -0.05) is 0 Å². The normalized spacial score (nSPS) is 11.3. The van der Waals surface area contributed by atoms with Crippen LogP contribution < -0.4 is 5.32 Å². The van der Waals surface area contributed by atoms with Crippen molar-refractivity contribution in [2.45, 2.75) is 13.0 Å². The van der Waals surface area contributed by atoms with Gasteiger partial charge in [-0.05, 0) is 13.0 Å². The molecule has 0 spiro atoms. The van der Waals surface area contributed by atoms with Gasteiger partial charge in [-0.15, -0.1) is 0 Å². The molecule has 0 bridgehead atoms. The Kier molecular flexibility index (Phi) is 6.10. The molecule has 8 heteroatoms. The Bertz CT molecular complexity index is 567. The minimum Gasteiger partial charge on any atom is -0.444 e. The fourth-order valence-corrected chi connectivity index (χ4v) is 1.51. The Morgan fingerprint density at radius 1 is 1.57 bits per heavy atom. The zero-order chi connectivity index (χ0) is 15.8. The smallest absolute Gasteiger partial charge is 0.341 e. The van der Waals surface area contributed by atoms with Crippen LogP contribution in [0.5, 0.6) is 0 Å². The molecule has 0 radical (unpaired) electrons. The van der Waals surface area contributed by atoms with Crippen LogP contribution in [0, 0.1) is 21.4 Å². The summed E-state index contributed by atoms with van der Waals surface area (Å²) in [6.07, 6.45) is -0.941. The van der Waals surface area contributed by atoms with Crippen LogP contribution in [0.3, 0.4) is 0 Å². The Balaban J connectivity index is 3.04. The number of ether oxygens (including phenoxy) is 2. The lowest BCUT2D eigenvalue weighted by Gasteiger charge is -2.12. The summed E-state index contributed by atoms with van der Waals surface area (Å²) in [5, 5.41) is 22.4. The number of nitriles is 1. The summed E-state index contributed by atoms with van der Waals surface area (Å²) >= 11 is 0. The van der Waals surface area contributed by atoms with E-state index in [0.29, 0.717) is 18.8 Å². The van der Waals surface area contributed by atoms with E-state index in [1.165, 1.54) is 26.2 Å². The van der Waals surface area contributed by atoms with Gasteiger partial charge in [-0.2, -0.15) is 5.26 Å². The summed E-state index contributed by atoms with van der Waals surface area (Å²) in [6.45, 7) is 2.23. The molecule has 0 aliphatic rings. The number of non-ortho nitro benzene ring substituents is 1. The van der Waals surface area contributed by atoms with Crippen LogP contribution in [0.15, 0.2) is 18.2 Å². The molecule has 21 heavy (non-hydrogen) atoms. The fourth-order valence-electron chi connectivity index (χ4n) is 1.51. The molecular weight excluding hydrogens is 278 g/mol. The predicted molar refractivity (Wildman–Crippen MR) is 74.0 cm³/mol. The Hall–Kier alpha value is -2.66. The number of methoxy groups -OCH3 is 1. The van der Waals surface area contributed by atoms with E-state index in [-0.39, 0.29) is 11.3 Å². The van der Waals surface area contributed by atoms with Crippen molar-refractivity contribution in [3.05, 3.63) is 33.9 Å². The average molecular weight is 293 g/mol. The zero-order valence-electron chi connectivity index (χ0n) is 11.7. The molecule has 0 aliphatic carbocycles. The van der Waals surface area contributed by atoms with Crippen molar-refractivity contribution < 1.29 is 19.2 Å². The molecule has 0 unspecified atom stereocenters. The van der Waals surface area contributed by atoms with Crippen molar-refractivity contribution in [2.75, 3.05) is 25.6 Å². The van der Waals surface area contributed by atoms with Crippen LogP contribution in [0.4, 0.5) is 11.4 Å². The second-order valence-corrected chi connectivity index (χ2v) is 4.08. The summed E-state index contributed by atoms with van der Waals surface area (Å²) in [6, 6.07) is 5.57. The highest BCUT2D eigenvalue weighted by atomic mass is 16.6. The largest absolute Gasteiger partial charge is 0.444 e. The number of nitro benzene ring substituents is 1. The molecule has 8 nitrogen and oxygen atoms in total. The number of rotatable bonds is 7. The van der Waals surface area contributed by atoms with Gasteiger partial charge in [0.25, 0.3) is 5.69 Å². The van der Waals surface area contributed by atoms with Crippen molar-refractivity contribution in [3.63, 3.8) is 0 Å². The van der Waals surface area contributed by atoms with Crippen LogP contribution in [0.2, 0.25) is 0 Å². The molecule has 1 atom stereocenters. The molecule has 0 heterocycles.